The Morgan fingerprint density at radius 3 is 2.50 bits per heavy atom. The number of nitrogens with zero attached hydrogens (tertiary/aromatic N) is 2. The lowest BCUT2D eigenvalue weighted by atomic mass is 10.1. The Labute approximate surface area is 197 Å². The molecule has 0 N–H and O–H groups in total. The average Bonchev–Trinajstić information content (AvgIpc) is 3.19. The number of hydrogen-bond acceptors (Lipinski definition) is 3. The summed E-state index contributed by atoms with van der Waals surface area (Å²) in [6.45, 7) is 1.53. The molecule has 160 valence electrons. The van der Waals surface area contributed by atoms with Crippen molar-refractivity contribution in [1.82, 2.24) is 9.55 Å². The third-order valence-electron chi connectivity index (χ3n) is 5.43. The minimum Gasteiger partial charge on any atom is -0.494 e. The summed E-state index contributed by atoms with van der Waals surface area (Å²) in [6, 6.07) is 30.9. The minimum absolute atomic E-state index is 0.661. The molecule has 5 rings (SSSR count). The van der Waals surface area contributed by atoms with E-state index in [1.165, 1.54) is 21.2 Å². The van der Waals surface area contributed by atoms with Crippen molar-refractivity contribution in [3.05, 3.63) is 102 Å². The zero-order valence-corrected chi connectivity index (χ0v) is 19.1. The molecule has 0 unspecified atom stereocenters. The van der Waals surface area contributed by atoms with E-state index in [-0.39, 0.29) is 0 Å². The molecule has 0 fully saturated rings. The first-order valence-corrected chi connectivity index (χ1v) is 12.1. The molecule has 0 amide bonds. The third-order valence-corrected chi connectivity index (χ3v) is 6.69. The first-order chi connectivity index (χ1) is 15.8. The highest BCUT2D eigenvalue weighted by Gasteiger charge is 2.11. The Morgan fingerprint density at radius 1 is 0.844 bits per heavy atom. The van der Waals surface area contributed by atoms with E-state index >= 15 is 0 Å². The number of rotatable bonds is 8. The molecule has 0 aliphatic rings. The van der Waals surface area contributed by atoms with Gasteiger partial charge in [-0.15, -0.1) is 11.8 Å². The van der Waals surface area contributed by atoms with Crippen LogP contribution in [0.1, 0.15) is 12.2 Å². The van der Waals surface area contributed by atoms with Crippen molar-refractivity contribution in [2.45, 2.75) is 23.6 Å². The van der Waals surface area contributed by atoms with Gasteiger partial charge in [0.2, 0.25) is 0 Å². The maximum Gasteiger partial charge on any atom is 0.120 e. The van der Waals surface area contributed by atoms with Crippen molar-refractivity contribution in [2.75, 3.05) is 6.61 Å². The molecule has 0 radical (unpaired) electrons. The molecular formula is C27H23ClN2OS. The van der Waals surface area contributed by atoms with Crippen molar-refractivity contribution in [3.63, 3.8) is 0 Å². The Kier molecular flexibility index (Phi) is 6.33. The van der Waals surface area contributed by atoms with E-state index in [1.807, 2.05) is 24.3 Å². The number of imidazole rings is 1. The lowest BCUT2D eigenvalue weighted by molar-refractivity contribution is 0.302. The smallest absolute Gasteiger partial charge is 0.120 e. The number of halogens is 1. The molecule has 5 aromatic rings. The van der Waals surface area contributed by atoms with E-state index in [4.69, 9.17) is 21.3 Å². The van der Waals surface area contributed by atoms with Gasteiger partial charge in [0, 0.05) is 16.5 Å². The van der Waals surface area contributed by atoms with Gasteiger partial charge in [0.15, 0.2) is 0 Å². The summed E-state index contributed by atoms with van der Waals surface area (Å²) in [6.07, 6.45) is 0.909. The maximum absolute atomic E-state index is 6.05. The zero-order chi connectivity index (χ0) is 21.8. The molecule has 32 heavy (non-hydrogen) atoms. The monoisotopic (exact) mass is 458 g/mol. The van der Waals surface area contributed by atoms with Crippen LogP contribution in [-0.2, 0) is 12.3 Å². The van der Waals surface area contributed by atoms with Crippen LogP contribution in [-0.4, -0.2) is 16.2 Å². The molecular weight excluding hydrogens is 436 g/mol. The number of ether oxygens (including phenoxy) is 1. The normalized spacial score (nSPS) is 11.3. The molecule has 0 atom stereocenters. The molecule has 0 aliphatic heterocycles. The zero-order valence-electron chi connectivity index (χ0n) is 17.6. The Bertz CT molecular complexity index is 1350. The van der Waals surface area contributed by atoms with Crippen LogP contribution in [0, 0.1) is 0 Å². The second-order valence-electron chi connectivity index (χ2n) is 7.62. The van der Waals surface area contributed by atoms with Gasteiger partial charge in [-0.2, -0.15) is 0 Å². The summed E-state index contributed by atoms with van der Waals surface area (Å²) in [5.41, 5.74) is 2.21. The van der Waals surface area contributed by atoms with E-state index in [9.17, 15) is 0 Å². The number of aromatic nitrogens is 2. The number of fused-ring (bicyclic) bond motifs is 2. The maximum atomic E-state index is 6.05. The van der Waals surface area contributed by atoms with Crippen LogP contribution in [0.4, 0.5) is 0 Å². The van der Waals surface area contributed by atoms with E-state index < -0.39 is 0 Å². The van der Waals surface area contributed by atoms with E-state index in [1.54, 1.807) is 11.8 Å². The average molecular weight is 459 g/mol. The fourth-order valence-electron chi connectivity index (χ4n) is 3.83. The fourth-order valence-corrected chi connectivity index (χ4v) is 4.80. The van der Waals surface area contributed by atoms with Crippen molar-refractivity contribution in [3.8, 4) is 5.75 Å². The molecule has 0 spiro atoms. The SMILES string of the molecule is Clc1ccc(SCc2nc3ccccc3n2CCCOc2ccc3ccccc3c2)cc1. The molecule has 1 heterocycles. The van der Waals surface area contributed by atoms with Gasteiger partial charge in [-0.3, -0.25) is 0 Å². The van der Waals surface area contributed by atoms with Gasteiger partial charge in [0.05, 0.1) is 23.4 Å². The summed E-state index contributed by atoms with van der Waals surface area (Å²) < 4.78 is 8.37. The second-order valence-corrected chi connectivity index (χ2v) is 9.11. The van der Waals surface area contributed by atoms with Crippen molar-refractivity contribution in [2.24, 2.45) is 0 Å². The van der Waals surface area contributed by atoms with Gasteiger partial charge in [-0.25, -0.2) is 4.98 Å². The molecule has 0 saturated carbocycles. The number of para-hydroxylation sites is 2. The van der Waals surface area contributed by atoms with Gasteiger partial charge < -0.3 is 9.30 Å². The van der Waals surface area contributed by atoms with Crippen molar-refractivity contribution >= 4 is 45.2 Å². The lowest BCUT2D eigenvalue weighted by Crippen LogP contribution is -2.07. The highest BCUT2D eigenvalue weighted by Crippen LogP contribution is 2.26. The standard InChI is InChI=1S/C27H23ClN2OS/c28-22-11-14-24(15-12-22)32-19-27-29-25-8-3-4-9-26(25)30(27)16-5-17-31-23-13-10-20-6-1-2-7-21(20)18-23/h1-4,6-15,18H,5,16-17,19H2. The van der Waals surface area contributed by atoms with Crippen LogP contribution in [0.3, 0.4) is 0 Å². The molecule has 1 aromatic heterocycles. The molecule has 5 heteroatoms. The molecule has 0 saturated heterocycles. The predicted octanol–water partition coefficient (Wildman–Crippen LogP) is 7.60. The lowest BCUT2D eigenvalue weighted by Gasteiger charge is -2.11. The quantitative estimate of drug-likeness (QED) is 0.177. The first kappa shape index (κ1) is 20.9. The fraction of sp³-hybridized carbons (Fsp3) is 0.148. The largest absolute Gasteiger partial charge is 0.494 e. The van der Waals surface area contributed by atoms with E-state index in [0.29, 0.717) is 6.61 Å². The second kappa shape index (κ2) is 9.68. The highest BCUT2D eigenvalue weighted by atomic mass is 35.5. The van der Waals surface area contributed by atoms with Crippen LogP contribution >= 0.6 is 23.4 Å². The van der Waals surface area contributed by atoms with Gasteiger partial charge in [0.25, 0.3) is 0 Å². The van der Waals surface area contributed by atoms with Crippen molar-refractivity contribution in [1.29, 1.82) is 0 Å². The molecule has 4 aromatic carbocycles. The number of aryl methyl sites for hydroxylation is 1. The third kappa shape index (κ3) is 4.77. The van der Waals surface area contributed by atoms with Gasteiger partial charge in [-0.1, -0.05) is 54.1 Å². The number of benzene rings is 4. The summed E-state index contributed by atoms with van der Waals surface area (Å²) in [4.78, 5) is 6.08. The van der Waals surface area contributed by atoms with E-state index in [2.05, 4.69) is 71.3 Å². The van der Waals surface area contributed by atoms with Gasteiger partial charge in [0.1, 0.15) is 11.6 Å². The Balaban J connectivity index is 1.26. The number of thioether (sulfide) groups is 1. The van der Waals surface area contributed by atoms with Gasteiger partial charge >= 0.3 is 0 Å². The summed E-state index contributed by atoms with van der Waals surface area (Å²) >= 11 is 7.79. The van der Waals surface area contributed by atoms with Gasteiger partial charge in [-0.05, 0) is 65.7 Å². The van der Waals surface area contributed by atoms with Crippen LogP contribution in [0.25, 0.3) is 21.8 Å². The predicted molar refractivity (Wildman–Crippen MR) is 135 cm³/mol. The number of hydrogen-bond donors (Lipinski definition) is 0. The topological polar surface area (TPSA) is 27.1 Å². The molecule has 0 aliphatic carbocycles. The van der Waals surface area contributed by atoms with Crippen LogP contribution < -0.4 is 4.74 Å². The first-order valence-electron chi connectivity index (χ1n) is 10.7. The van der Waals surface area contributed by atoms with Crippen LogP contribution in [0.5, 0.6) is 5.75 Å². The van der Waals surface area contributed by atoms with E-state index in [0.717, 1.165) is 40.8 Å². The summed E-state index contributed by atoms with van der Waals surface area (Å²) in [5.74, 6) is 2.80. The molecule has 3 nitrogen and oxygen atoms in total. The van der Waals surface area contributed by atoms with Crippen molar-refractivity contribution < 1.29 is 4.74 Å². The Morgan fingerprint density at radius 2 is 1.62 bits per heavy atom. The Hall–Kier alpha value is -2.95. The summed E-state index contributed by atoms with van der Waals surface area (Å²) in [7, 11) is 0. The highest BCUT2D eigenvalue weighted by molar-refractivity contribution is 7.98. The van der Waals surface area contributed by atoms with Crippen LogP contribution in [0.15, 0.2) is 95.9 Å². The molecule has 0 bridgehead atoms. The minimum atomic E-state index is 0.661. The summed E-state index contributed by atoms with van der Waals surface area (Å²) in [5, 5.41) is 3.19. The van der Waals surface area contributed by atoms with Crippen LogP contribution in [0.2, 0.25) is 5.02 Å².